The molecule has 0 unspecified atom stereocenters. The average molecular weight is 600 g/mol. The van der Waals surface area contributed by atoms with E-state index in [1.165, 1.54) is 7.11 Å². The zero-order chi connectivity index (χ0) is 30.0. The molecule has 2 bridgehead atoms. The molecule has 4 heterocycles. The van der Waals surface area contributed by atoms with Crippen LogP contribution in [0.25, 0.3) is 5.69 Å². The van der Waals surface area contributed by atoms with Crippen molar-refractivity contribution in [2.24, 2.45) is 23.7 Å². The molecule has 3 aliphatic heterocycles. The van der Waals surface area contributed by atoms with Crippen molar-refractivity contribution in [1.29, 1.82) is 0 Å². The number of nitrogens with zero attached hydrogens (tertiary/aromatic N) is 4. The van der Waals surface area contributed by atoms with Crippen LogP contribution in [-0.2, 0) is 19.6 Å². The Hall–Kier alpha value is -2.92. The second kappa shape index (κ2) is 12.8. The van der Waals surface area contributed by atoms with Crippen LogP contribution in [0.5, 0.6) is 5.75 Å². The fraction of sp³-hybridized carbons (Fsp3) is 0.645. The fourth-order valence-corrected chi connectivity index (χ4v) is 8.78. The molecule has 1 aromatic carbocycles. The number of sulfonamides is 1. The highest BCUT2D eigenvalue weighted by Gasteiger charge is 2.46. The van der Waals surface area contributed by atoms with E-state index in [4.69, 9.17) is 4.74 Å². The van der Waals surface area contributed by atoms with Gasteiger partial charge >= 0.3 is 0 Å². The maximum Gasteiger partial charge on any atom is 0.246 e. The molecule has 0 saturated carbocycles. The SMILES string of the molecule is COc1ccc(-n2cccn2)cc1S(=O)(=O)N1C[C@@H]2C[C@H](C1)[C@@H]1CCCC(=O)N[C@H](C(C)C)CC[C@@H](C)CC(=O)N1C2. The van der Waals surface area contributed by atoms with E-state index in [1.807, 2.05) is 4.90 Å². The van der Waals surface area contributed by atoms with Crippen molar-refractivity contribution < 1.29 is 22.7 Å². The lowest BCUT2D eigenvalue weighted by molar-refractivity contribution is -0.141. The molecule has 230 valence electrons. The number of hydrogen-bond acceptors (Lipinski definition) is 6. The molecule has 11 heteroatoms. The molecule has 1 N–H and O–H groups in total. The summed E-state index contributed by atoms with van der Waals surface area (Å²) in [6.07, 6.45) is 8.27. The Balaban J connectivity index is 1.39. The van der Waals surface area contributed by atoms with Crippen LogP contribution in [0.2, 0.25) is 0 Å². The van der Waals surface area contributed by atoms with E-state index in [2.05, 4.69) is 31.2 Å². The third-order valence-electron chi connectivity index (χ3n) is 9.34. The van der Waals surface area contributed by atoms with Crippen LogP contribution >= 0.6 is 0 Å². The van der Waals surface area contributed by atoms with E-state index in [-0.39, 0.29) is 46.5 Å². The van der Waals surface area contributed by atoms with Crippen LogP contribution in [0, 0.1) is 23.7 Å². The second-order valence-corrected chi connectivity index (χ2v) is 14.7. The summed E-state index contributed by atoms with van der Waals surface area (Å²) in [6, 6.07) is 6.87. The van der Waals surface area contributed by atoms with Crippen LogP contribution in [0.4, 0.5) is 0 Å². The topological polar surface area (TPSA) is 114 Å². The van der Waals surface area contributed by atoms with Gasteiger partial charge in [-0.1, -0.05) is 20.8 Å². The third kappa shape index (κ3) is 6.51. The van der Waals surface area contributed by atoms with Gasteiger partial charge in [0.05, 0.1) is 12.8 Å². The normalized spacial score (nSPS) is 28.3. The molecule has 1 aromatic heterocycles. The number of aromatic nitrogens is 2. The predicted molar refractivity (Wildman–Crippen MR) is 160 cm³/mol. The maximum atomic E-state index is 14.1. The number of carbonyl (C=O) groups excluding carboxylic acids is 2. The first-order valence-corrected chi connectivity index (χ1v) is 16.8. The summed E-state index contributed by atoms with van der Waals surface area (Å²) in [5.74, 6) is 1.11. The highest BCUT2D eigenvalue weighted by molar-refractivity contribution is 7.89. The molecule has 0 radical (unpaired) electrons. The van der Waals surface area contributed by atoms with Crippen molar-refractivity contribution >= 4 is 21.8 Å². The van der Waals surface area contributed by atoms with E-state index in [0.29, 0.717) is 62.7 Å². The first-order valence-electron chi connectivity index (χ1n) is 15.3. The third-order valence-corrected chi connectivity index (χ3v) is 11.2. The molecule has 3 saturated heterocycles. The summed E-state index contributed by atoms with van der Waals surface area (Å²) in [5.41, 5.74) is 0.635. The molecule has 5 atom stereocenters. The van der Waals surface area contributed by atoms with Gasteiger partial charge in [-0.25, -0.2) is 13.1 Å². The van der Waals surface area contributed by atoms with Crippen LogP contribution < -0.4 is 10.1 Å². The standard InChI is InChI=1S/C31H45N5O5S/c1-21(2)26-11-9-22(3)15-31(38)35-19-23-16-24(27(35)7-5-8-30(37)33-26)20-34(18-23)42(39,40)29-17-25(10-12-28(29)41-4)36-14-6-13-32-36/h6,10,12-14,17,21-24,26-27H,5,7-9,11,15-16,18-20H2,1-4H3,(H,33,37)/t22-,23+,24-,26+,27+/m1/s1. The summed E-state index contributed by atoms with van der Waals surface area (Å²) >= 11 is 0. The molecular formula is C31H45N5O5S. The Labute approximate surface area is 249 Å². The van der Waals surface area contributed by atoms with Gasteiger partial charge < -0.3 is 15.0 Å². The molecule has 0 aliphatic carbocycles. The lowest BCUT2D eigenvalue weighted by Crippen LogP contribution is -2.60. The first-order chi connectivity index (χ1) is 20.1. The summed E-state index contributed by atoms with van der Waals surface area (Å²) in [7, 11) is -2.41. The van der Waals surface area contributed by atoms with Gasteiger partial charge in [-0.2, -0.15) is 9.40 Å². The Morgan fingerprint density at radius 3 is 2.62 bits per heavy atom. The fourth-order valence-electron chi connectivity index (χ4n) is 7.03. The Morgan fingerprint density at radius 1 is 1.10 bits per heavy atom. The number of hydrogen-bond donors (Lipinski definition) is 1. The molecule has 3 aliphatic rings. The van der Waals surface area contributed by atoms with E-state index in [0.717, 1.165) is 19.3 Å². The molecule has 10 nitrogen and oxygen atoms in total. The van der Waals surface area contributed by atoms with Gasteiger partial charge in [-0.3, -0.25) is 9.59 Å². The van der Waals surface area contributed by atoms with Crippen molar-refractivity contribution in [3.63, 3.8) is 0 Å². The number of amides is 2. The maximum absolute atomic E-state index is 14.1. The Bertz CT molecular complexity index is 1360. The van der Waals surface area contributed by atoms with Gasteiger partial charge in [-0.15, -0.1) is 0 Å². The smallest absolute Gasteiger partial charge is 0.246 e. The lowest BCUT2D eigenvalue weighted by Gasteiger charge is -2.50. The van der Waals surface area contributed by atoms with Gasteiger partial charge in [0.25, 0.3) is 0 Å². The van der Waals surface area contributed by atoms with Gasteiger partial charge in [0, 0.05) is 57.0 Å². The monoisotopic (exact) mass is 599 g/mol. The van der Waals surface area contributed by atoms with Crippen molar-refractivity contribution in [1.82, 2.24) is 24.3 Å². The van der Waals surface area contributed by atoms with Gasteiger partial charge in [0.15, 0.2) is 0 Å². The summed E-state index contributed by atoms with van der Waals surface area (Å²) < 4.78 is 37.0. The van der Waals surface area contributed by atoms with Gasteiger partial charge in [0.1, 0.15) is 10.6 Å². The minimum absolute atomic E-state index is 0.00317. The summed E-state index contributed by atoms with van der Waals surface area (Å²) in [6.45, 7) is 7.61. The van der Waals surface area contributed by atoms with Crippen LogP contribution in [0.3, 0.4) is 0 Å². The minimum Gasteiger partial charge on any atom is -0.495 e. The molecule has 3 fully saturated rings. The van der Waals surface area contributed by atoms with Crippen molar-refractivity contribution in [3.05, 3.63) is 36.7 Å². The van der Waals surface area contributed by atoms with Crippen LogP contribution in [-0.4, -0.2) is 78.0 Å². The second-order valence-electron chi connectivity index (χ2n) is 12.8. The zero-order valence-electron chi connectivity index (χ0n) is 25.2. The van der Waals surface area contributed by atoms with Crippen molar-refractivity contribution in [3.8, 4) is 11.4 Å². The Morgan fingerprint density at radius 2 is 1.90 bits per heavy atom. The molecule has 0 spiro atoms. The highest BCUT2D eigenvalue weighted by atomic mass is 32.2. The highest BCUT2D eigenvalue weighted by Crippen LogP contribution is 2.39. The molecular weight excluding hydrogens is 554 g/mol. The number of fused-ring (bicyclic) bond motifs is 4. The van der Waals surface area contributed by atoms with Crippen molar-refractivity contribution in [2.45, 2.75) is 82.7 Å². The van der Waals surface area contributed by atoms with Crippen LogP contribution in [0.15, 0.2) is 41.6 Å². The first kappa shape index (κ1) is 30.5. The van der Waals surface area contributed by atoms with Gasteiger partial charge in [-0.05, 0) is 80.0 Å². The molecule has 42 heavy (non-hydrogen) atoms. The molecule has 5 rings (SSSR count). The number of nitrogens with one attached hydrogen (secondary N) is 1. The predicted octanol–water partition coefficient (Wildman–Crippen LogP) is 3.85. The van der Waals surface area contributed by atoms with E-state index < -0.39 is 10.0 Å². The number of rotatable bonds is 5. The zero-order valence-corrected chi connectivity index (χ0v) is 26.1. The summed E-state index contributed by atoms with van der Waals surface area (Å²) in [4.78, 5) is 28.7. The number of carbonyl (C=O) groups is 2. The van der Waals surface area contributed by atoms with Crippen LogP contribution in [0.1, 0.15) is 65.7 Å². The van der Waals surface area contributed by atoms with E-state index >= 15 is 0 Å². The number of ether oxygens (including phenoxy) is 1. The van der Waals surface area contributed by atoms with E-state index in [1.54, 1.807) is 45.6 Å². The van der Waals surface area contributed by atoms with Crippen molar-refractivity contribution in [2.75, 3.05) is 26.7 Å². The average Bonchev–Trinajstić information content (AvgIpc) is 3.50. The number of methoxy groups -OCH3 is 1. The van der Waals surface area contributed by atoms with Gasteiger partial charge in [0.2, 0.25) is 21.8 Å². The summed E-state index contributed by atoms with van der Waals surface area (Å²) in [5, 5.41) is 7.48. The molecule has 2 aromatic rings. The van der Waals surface area contributed by atoms with E-state index in [9.17, 15) is 18.0 Å². The quantitative estimate of drug-likeness (QED) is 0.559. The molecule has 2 amide bonds. The number of benzene rings is 1. The Kier molecular flexibility index (Phi) is 9.27. The minimum atomic E-state index is -3.89. The largest absolute Gasteiger partial charge is 0.495 e. The number of piperidine rings is 2. The lowest BCUT2D eigenvalue weighted by atomic mass is 9.78.